The van der Waals surface area contributed by atoms with Crippen molar-refractivity contribution in [3.8, 4) is 0 Å². The molecule has 4 nitrogen and oxygen atoms in total. The van der Waals surface area contributed by atoms with Crippen LogP contribution in [0, 0.1) is 5.92 Å². The first-order valence-electron chi connectivity index (χ1n) is 14.4. The fourth-order valence-corrected chi connectivity index (χ4v) is 4.12. The second-order valence-corrected chi connectivity index (χ2v) is 9.95. The van der Waals surface area contributed by atoms with Crippen molar-refractivity contribution in [2.24, 2.45) is 5.92 Å². The van der Waals surface area contributed by atoms with Crippen molar-refractivity contribution in [1.29, 1.82) is 0 Å². The summed E-state index contributed by atoms with van der Waals surface area (Å²) in [6, 6.07) is 0. The number of carbonyl (C=O) groups is 2. The summed E-state index contributed by atoms with van der Waals surface area (Å²) in [5.74, 6) is 0.387. The summed E-state index contributed by atoms with van der Waals surface area (Å²) >= 11 is 0. The summed E-state index contributed by atoms with van der Waals surface area (Å²) < 4.78 is 10.7. The molecule has 0 amide bonds. The zero-order chi connectivity index (χ0) is 24.4. The maximum Gasteiger partial charge on any atom is 0.306 e. The molecule has 0 saturated heterocycles. The van der Waals surface area contributed by atoms with E-state index < -0.39 is 0 Å². The van der Waals surface area contributed by atoms with Crippen LogP contribution in [0.4, 0.5) is 0 Å². The first kappa shape index (κ1) is 31.9. The van der Waals surface area contributed by atoms with Crippen LogP contribution >= 0.6 is 0 Å². The van der Waals surface area contributed by atoms with E-state index in [4.69, 9.17) is 9.47 Å². The summed E-state index contributed by atoms with van der Waals surface area (Å²) in [5, 5.41) is 0. The number of hydrogen-bond acceptors (Lipinski definition) is 4. The van der Waals surface area contributed by atoms with Gasteiger partial charge in [-0.2, -0.15) is 0 Å². The van der Waals surface area contributed by atoms with Crippen LogP contribution in [-0.2, 0) is 19.1 Å². The van der Waals surface area contributed by atoms with Crippen LogP contribution in [0.5, 0.6) is 0 Å². The molecule has 0 heterocycles. The van der Waals surface area contributed by atoms with E-state index in [1.165, 1.54) is 89.9 Å². The average Bonchev–Trinajstić information content (AvgIpc) is 2.79. The Balaban J connectivity index is 3.34. The van der Waals surface area contributed by atoms with E-state index in [9.17, 15) is 9.59 Å². The second kappa shape index (κ2) is 25.6. The maximum absolute atomic E-state index is 11.9. The fourth-order valence-electron chi connectivity index (χ4n) is 4.12. The van der Waals surface area contributed by atoms with Gasteiger partial charge in [0.1, 0.15) is 0 Å². The van der Waals surface area contributed by atoms with Crippen LogP contribution in [-0.4, -0.2) is 25.2 Å². The molecule has 4 heteroatoms. The number of esters is 2. The van der Waals surface area contributed by atoms with Crippen molar-refractivity contribution in [1.82, 2.24) is 0 Å². The molecule has 1 atom stereocenters. The zero-order valence-electron chi connectivity index (χ0n) is 22.5. The highest BCUT2D eigenvalue weighted by molar-refractivity contribution is 5.69. The second-order valence-electron chi connectivity index (χ2n) is 9.95. The Hall–Kier alpha value is -1.06. The largest absolute Gasteiger partial charge is 0.466 e. The van der Waals surface area contributed by atoms with Gasteiger partial charge in [-0.05, 0) is 25.2 Å². The Morgan fingerprint density at radius 3 is 1.52 bits per heavy atom. The zero-order valence-corrected chi connectivity index (χ0v) is 22.5. The molecule has 0 bridgehead atoms. The Kier molecular flexibility index (Phi) is 24.7. The molecule has 0 aromatic heterocycles. The lowest BCUT2D eigenvalue weighted by Gasteiger charge is -2.11. The quantitative estimate of drug-likeness (QED) is 0.0991. The molecule has 0 saturated carbocycles. The number of hydrogen-bond donors (Lipinski definition) is 0. The molecule has 0 aliphatic heterocycles. The summed E-state index contributed by atoms with van der Waals surface area (Å²) in [4.78, 5) is 23.6. The third-order valence-electron chi connectivity index (χ3n) is 6.36. The summed E-state index contributed by atoms with van der Waals surface area (Å²) in [7, 11) is 0. The molecule has 0 fully saturated rings. The normalized spacial score (nSPS) is 12.0. The molecule has 0 N–H and O–H groups in total. The monoisotopic (exact) mass is 468 g/mol. The lowest BCUT2D eigenvalue weighted by atomic mass is 9.99. The van der Waals surface area contributed by atoms with Gasteiger partial charge in [0, 0.05) is 12.8 Å². The van der Waals surface area contributed by atoms with Gasteiger partial charge in [-0.1, -0.05) is 124 Å². The summed E-state index contributed by atoms with van der Waals surface area (Å²) in [6.07, 6.45) is 23.7. The minimum Gasteiger partial charge on any atom is -0.466 e. The molecule has 1 unspecified atom stereocenters. The van der Waals surface area contributed by atoms with Gasteiger partial charge in [0.05, 0.1) is 13.2 Å². The Morgan fingerprint density at radius 2 is 0.970 bits per heavy atom. The SMILES string of the molecule is CCCCCCCOC(=O)CCCCCCCCCCC(C)CC(=O)OCCCCCCC. The Bertz CT molecular complexity index is 435. The lowest BCUT2D eigenvalue weighted by Crippen LogP contribution is -2.10. The van der Waals surface area contributed by atoms with Crippen molar-refractivity contribution in [2.45, 2.75) is 156 Å². The first-order valence-corrected chi connectivity index (χ1v) is 14.4. The third-order valence-corrected chi connectivity index (χ3v) is 6.36. The van der Waals surface area contributed by atoms with Gasteiger partial charge in [-0.15, -0.1) is 0 Å². The van der Waals surface area contributed by atoms with Crippen molar-refractivity contribution >= 4 is 11.9 Å². The fraction of sp³-hybridized carbons (Fsp3) is 0.931. The molecule has 0 aliphatic rings. The summed E-state index contributed by atoms with van der Waals surface area (Å²) in [5.41, 5.74) is 0. The molecule has 0 aromatic carbocycles. The molecule has 196 valence electrons. The first-order chi connectivity index (χ1) is 16.1. The van der Waals surface area contributed by atoms with Gasteiger partial charge < -0.3 is 9.47 Å². The van der Waals surface area contributed by atoms with E-state index in [2.05, 4.69) is 20.8 Å². The van der Waals surface area contributed by atoms with E-state index in [0.29, 0.717) is 32.0 Å². The van der Waals surface area contributed by atoms with E-state index in [-0.39, 0.29) is 11.9 Å². The minimum atomic E-state index is -0.0196. The molecular formula is C29H56O4. The number of ether oxygens (including phenoxy) is 2. The number of unbranched alkanes of at least 4 members (excludes halogenated alkanes) is 15. The van der Waals surface area contributed by atoms with E-state index in [1.807, 2.05) is 0 Å². The predicted molar refractivity (Wildman–Crippen MR) is 139 cm³/mol. The van der Waals surface area contributed by atoms with E-state index in [1.54, 1.807) is 0 Å². The summed E-state index contributed by atoms with van der Waals surface area (Å²) in [6.45, 7) is 7.78. The number of carbonyl (C=O) groups excluding carboxylic acids is 2. The van der Waals surface area contributed by atoms with Crippen LogP contribution in [0.2, 0.25) is 0 Å². The average molecular weight is 469 g/mol. The highest BCUT2D eigenvalue weighted by Gasteiger charge is 2.10. The smallest absolute Gasteiger partial charge is 0.306 e. The van der Waals surface area contributed by atoms with Gasteiger partial charge >= 0.3 is 11.9 Å². The highest BCUT2D eigenvalue weighted by atomic mass is 16.5. The lowest BCUT2D eigenvalue weighted by molar-refractivity contribution is -0.145. The van der Waals surface area contributed by atoms with E-state index >= 15 is 0 Å². The molecular weight excluding hydrogens is 412 g/mol. The van der Waals surface area contributed by atoms with Crippen LogP contribution in [0.25, 0.3) is 0 Å². The van der Waals surface area contributed by atoms with Crippen LogP contribution in [0.15, 0.2) is 0 Å². The van der Waals surface area contributed by atoms with Gasteiger partial charge in [-0.3, -0.25) is 9.59 Å². The molecule has 0 spiro atoms. The third kappa shape index (κ3) is 25.4. The topological polar surface area (TPSA) is 52.6 Å². The molecule has 0 rings (SSSR count). The van der Waals surface area contributed by atoms with Gasteiger partial charge in [0.2, 0.25) is 0 Å². The van der Waals surface area contributed by atoms with Gasteiger partial charge in [0.15, 0.2) is 0 Å². The van der Waals surface area contributed by atoms with Crippen molar-refractivity contribution in [3.05, 3.63) is 0 Å². The van der Waals surface area contributed by atoms with Crippen LogP contribution in [0.3, 0.4) is 0 Å². The molecule has 0 aromatic rings. The minimum absolute atomic E-state index is 0.0181. The van der Waals surface area contributed by atoms with Crippen molar-refractivity contribution in [3.63, 3.8) is 0 Å². The Labute approximate surface area is 206 Å². The molecule has 0 aliphatic carbocycles. The number of rotatable bonds is 25. The predicted octanol–water partition coefficient (Wildman–Crippen LogP) is 8.94. The van der Waals surface area contributed by atoms with Crippen LogP contribution in [0.1, 0.15) is 156 Å². The standard InChI is InChI=1S/C29H56O4/c1-4-6-8-16-20-24-32-28(30)23-19-15-13-11-10-12-14-18-22-27(3)26-29(31)33-25-21-17-9-7-5-2/h27H,4-26H2,1-3H3. The van der Waals surface area contributed by atoms with Crippen LogP contribution < -0.4 is 0 Å². The van der Waals surface area contributed by atoms with Crippen molar-refractivity contribution in [2.75, 3.05) is 13.2 Å². The Morgan fingerprint density at radius 1 is 0.545 bits per heavy atom. The van der Waals surface area contributed by atoms with Crippen molar-refractivity contribution < 1.29 is 19.1 Å². The van der Waals surface area contributed by atoms with Gasteiger partial charge in [0.25, 0.3) is 0 Å². The maximum atomic E-state index is 11.9. The molecule has 33 heavy (non-hydrogen) atoms. The van der Waals surface area contributed by atoms with E-state index in [0.717, 1.165) is 32.1 Å². The van der Waals surface area contributed by atoms with Gasteiger partial charge in [-0.25, -0.2) is 0 Å². The highest BCUT2D eigenvalue weighted by Crippen LogP contribution is 2.16. The molecule has 0 radical (unpaired) electrons.